The Morgan fingerprint density at radius 3 is 2.35 bits per heavy atom. The number of carbonyl (C=O) groups excluding carboxylic acids is 3. The monoisotopic (exact) mass is 560 g/mol. The van der Waals surface area contributed by atoms with Crippen LogP contribution in [0.5, 0.6) is 5.75 Å². The zero-order chi connectivity index (χ0) is 29.0. The molecule has 40 heavy (non-hydrogen) atoms. The highest BCUT2D eigenvalue weighted by atomic mass is 19.4. The van der Waals surface area contributed by atoms with E-state index in [0.717, 1.165) is 5.56 Å². The van der Waals surface area contributed by atoms with Crippen molar-refractivity contribution in [3.63, 3.8) is 0 Å². The van der Waals surface area contributed by atoms with Gasteiger partial charge in [0.15, 0.2) is 18.1 Å². The van der Waals surface area contributed by atoms with Crippen LogP contribution in [0.25, 0.3) is 10.9 Å². The van der Waals surface area contributed by atoms with Crippen LogP contribution in [-0.4, -0.2) is 70.8 Å². The zero-order valence-electron chi connectivity index (χ0n) is 22.2. The molecule has 1 aliphatic heterocycles. The van der Waals surface area contributed by atoms with Crippen LogP contribution in [0, 0.1) is 0 Å². The van der Waals surface area contributed by atoms with Crippen molar-refractivity contribution in [2.75, 3.05) is 31.6 Å². The fourth-order valence-corrected chi connectivity index (χ4v) is 4.87. The summed E-state index contributed by atoms with van der Waals surface area (Å²) in [5, 5.41) is 15.0. The summed E-state index contributed by atoms with van der Waals surface area (Å²) < 4.78 is 46.3. The maximum absolute atomic E-state index is 13.4. The fraction of sp³-hybridized carbons (Fsp3) is 0.393. The Hall–Kier alpha value is -4.06. The Kier molecular flexibility index (Phi) is 8.67. The lowest BCUT2D eigenvalue weighted by Crippen LogP contribution is -2.47. The quantitative estimate of drug-likeness (QED) is 0.390. The van der Waals surface area contributed by atoms with E-state index in [1.165, 1.54) is 15.5 Å². The van der Waals surface area contributed by atoms with Crippen LogP contribution in [0.2, 0.25) is 0 Å². The molecule has 0 radical (unpaired) electrons. The number of carbonyl (C=O) groups is 3. The van der Waals surface area contributed by atoms with E-state index < -0.39 is 31.2 Å². The van der Waals surface area contributed by atoms with Crippen molar-refractivity contribution in [3.8, 4) is 5.75 Å². The molecule has 0 spiro atoms. The van der Waals surface area contributed by atoms with Gasteiger partial charge in [-0.15, -0.1) is 0 Å². The molecule has 1 fully saturated rings. The van der Waals surface area contributed by atoms with Gasteiger partial charge in [0, 0.05) is 42.8 Å². The first-order chi connectivity index (χ1) is 19.0. The van der Waals surface area contributed by atoms with Crippen LogP contribution in [0.1, 0.15) is 46.2 Å². The van der Waals surface area contributed by atoms with Gasteiger partial charge in [-0.3, -0.25) is 14.4 Å². The molecule has 2 heterocycles. The average Bonchev–Trinajstić information content (AvgIpc) is 3.21. The molecule has 3 amide bonds. The summed E-state index contributed by atoms with van der Waals surface area (Å²) in [6.07, 6.45) is -3.28. The molecule has 9 nitrogen and oxygen atoms in total. The number of hydrogen-bond donors (Lipinski definition) is 3. The predicted molar refractivity (Wildman–Crippen MR) is 142 cm³/mol. The summed E-state index contributed by atoms with van der Waals surface area (Å²) in [7, 11) is 1.57. The van der Waals surface area contributed by atoms with Crippen molar-refractivity contribution in [2.24, 2.45) is 7.05 Å². The molecule has 1 aliphatic rings. The second-order valence-electron chi connectivity index (χ2n) is 9.63. The van der Waals surface area contributed by atoms with Gasteiger partial charge in [-0.2, -0.15) is 13.2 Å². The summed E-state index contributed by atoms with van der Waals surface area (Å²) in [6, 6.07) is 11.5. The lowest BCUT2D eigenvalue weighted by Gasteiger charge is -2.32. The molecule has 0 saturated carbocycles. The zero-order valence-corrected chi connectivity index (χ0v) is 22.2. The van der Waals surface area contributed by atoms with E-state index in [1.807, 2.05) is 6.92 Å². The minimum Gasteiger partial charge on any atom is -0.481 e. The number of ether oxygens (including phenoxy) is 1. The Morgan fingerprint density at radius 2 is 1.75 bits per heavy atom. The van der Waals surface area contributed by atoms with E-state index in [9.17, 15) is 27.6 Å². The first-order valence-electron chi connectivity index (χ1n) is 12.9. The Balaban J connectivity index is 1.69. The number of benzene rings is 2. The number of fused-ring (bicyclic) bond motifs is 1. The minimum atomic E-state index is -4.64. The number of halogens is 3. The number of aromatic nitrogens is 1. The molecule has 3 N–H and O–H groups in total. The van der Waals surface area contributed by atoms with Crippen molar-refractivity contribution < 1.29 is 37.4 Å². The number of aliphatic hydroxyl groups is 1. The van der Waals surface area contributed by atoms with Crippen LogP contribution in [-0.2, 0) is 18.3 Å². The van der Waals surface area contributed by atoms with E-state index >= 15 is 0 Å². The number of anilines is 1. The van der Waals surface area contributed by atoms with E-state index in [1.54, 1.807) is 43.4 Å². The summed E-state index contributed by atoms with van der Waals surface area (Å²) in [4.78, 5) is 39.5. The fourth-order valence-electron chi connectivity index (χ4n) is 4.87. The maximum atomic E-state index is 13.4. The number of nitrogens with zero attached hydrogens (tertiary/aromatic N) is 2. The number of hydrogen-bond acceptors (Lipinski definition) is 5. The third-order valence-electron chi connectivity index (χ3n) is 6.96. The molecule has 1 saturated heterocycles. The van der Waals surface area contributed by atoms with Crippen molar-refractivity contribution in [1.29, 1.82) is 0 Å². The number of likely N-dealkylation sites (tertiary alicyclic amines) is 1. The summed E-state index contributed by atoms with van der Waals surface area (Å²) >= 11 is 0. The van der Waals surface area contributed by atoms with Gasteiger partial charge in [-0.05, 0) is 49.1 Å². The van der Waals surface area contributed by atoms with Crippen molar-refractivity contribution in [1.82, 2.24) is 14.8 Å². The van der Waals surface area contributed by atoms with Gasteiger partial charge in [0.25, 0.3) is 11.8 Å². The van der Waals surface area contributed by atoms with Crippen LogP contribution in [0.4, 0.5) is 18.9 Å². The highest BCUT2D eigenvalue weighted by molar-refractivity contribution is 6.08. The van der Waals surface area contributed by atoms with Crippen LogP contribution >= 0.6 is 0 Å². The minimum absolute atomic E-state index is 0.0818. The van der Waals surface area contributed by atoms with E-state index in [0.29, 0.717) is 49.1 Å². The molecule has 0 unspecified atom stereocenters. The lowest BCUT2D eigenvalue weighted by molar-refractivity contribution is -0.153. The lowest BCUT2D eigenvalue weighted by atomic mass is 10.0. The number of aliphatic hydroxyl groups excluding tert-OH is 1. The molecule has 3 aromatic rings. The molecule has 214 valence electrons. The summed E-state index contributed by atoms with van der Waals surface area (Å²) in [5.74, 6) is -1.63. The van der Waals surface area contributed by atoms with Gasteiger partial charge in [-0.1, -0.05) is 25.1 Å². The van der Waals surface area contributed by atoms with Crippen LogP contribution in [0.3, 0.4) is 0 Å². The Morgan fingerprint density at radius 1 is 1.07 bits per heavy atom. The number of piperidine rings is 1. The van der Waals surface area contributed by atoms with Crippen LogP contribution < -0.4 is 15.4 Å². The standard InChI is InChI=1S/C28H31F3N4O5/c1-3-17-13-22-20(14-21(17)33-26(38)18-7-5-4-6-8-18)25(40-16-28(29,30)31)24(34(22)2)27(39)32-19-9-11-35(12-10-19)23(37)15-36/h4-8,13-14,19,36H,3,9-12,15-16H2,1-2H3,(H,32,39)(H,33,38). The first-order valence-corrected chi connectivity index (χ1v) is 12.9. The van der Waals surface area contributed by atoms with Gasteiger partial charge in [-0.25, -0.2) is 0 Å². The number of nitrogens with one attached hydrogen (secondary N) is 2. The molecule has 0 aliphatic carbocycles. The molecule has 4 rings (SSSR count). The smallest absolute Gasteiger partial charge is 0.422 e. The van der Waals surface area contributed by atoms with Gasteiger partial charge >= 0.3 is 6.18 Å². The predicted octanol–water partition coefficient (Wildman–Crippen LogP) is 3.65. The number of aryl methyl sites for hydroxylation is 2. The maximum Gasteiger partial charge on any atom is 0.422 e. The van der Waals surface area contributed by atoms with E-state index in [-0.39, 0.29) is 28.8 Å². The number of rotatable bonds is 8. The van der Waals surface area contributed by atoms with Gasteiger partial charge in [0.2, 0.25) is 5.91 Å². The van der Waals surface area contributed by atoms with Gasteiger partial charge in [0.1, 0.15) is 6.61 Å². The molecular formula is C28H31F3N4O5. The average molecular weight is 561 g/mol. The SMILES string of the molecule is CCc1cc2c(cc1NC(=O)c1ccccc1)c(OCC(F)(F)F)c(C(=O)NC1CCN(C(=O)CO)CC1)n2C. The Labute approximate surface area is 228 Å². The van der Waals surface area contributed by atoms with Gasteiger partial charge in [0.05, 0.1) is 5.52 Å². The van der Waals surface area contributed by atoms with E-state index in [2.05, 4.69) is 10.6 Å². The normalized spacial score (nSPS) is 14.3. The van der Waals surface area contributed by atoms with Crippen LogP contribution in [0.15, 0.2) is 42.5 Å². The first kappa shape index (κ1) is 28.9. The number of alkyl halides is 3. The second kappa shape index (κ2) is 12.0. The largest absolute Gasteiger partial charge is 0.481 e. The molecule has 12 heteroatoms. The van der Waals surface area contributed by atoms with Crippen molar-refractivity contribution in [2.45, 2.75) is 38.4 Å². The molecule has 2 aromatic carbocycles. The topological polar surface area (TPSA) is 113 Å². The Bertz CT molecular complexity index is 1400. The highest BCUT2D eigenvalue weighted by Crippen LogP contribution is 2.37. The van der Waals surface area contributed by atoms with Gasteiger partial charge < -0.3 is 29.9 Å². The number of amides is 3. The third-order valence-corrected chi connectivity index (χ3v) is 6.96. The molecular weight excluding hydrogens is 529 g/mol. The van der Waals surface area contributed by atoms with E-state index in [4.69, 9.17) is 9.84 Å². The highest BCUT2D eigenvalue weighted by Gasteiger charge is 2.33. The molecule has 0 atom stereocenters. The summed E-state index contributed by atoms with van der Waals surface area (Å²) in [6.45, 7) is 0.350. The second-order valence-corrected chi connectivity index (χ2v) is 9.63. The van der Waals surface area contributed by atoms with Crippen molar-refractivity contribution >= 4 is 34.3 Å². The molecule has 1 aromatic heterocycles. The van der Waals surface area contributed by atoms with Crippen molar-refractivity contribution in [3.05, 3.63) is 59.3 Å². The summed E-state index contributed by atoms with van der Waals surface area (Å²) in [5.41, 5.74) is 1.94. The third kappa shape index (κ3) is 6.39. The molecule has 0 bridgehead atoms.